The van der Waals surface area contributed by atoms with Crippen LogP contribution in [-0.4, -0.2) is 17.0 Å². The first-order chi connectivity index (χ1) is 7.76. The quantitative estimate of drug-likeness (QED) is 0.820. The molecule has 0 bridgehead atoms. The monoisotopic (exact) mass is 232 g/mol. The molecule has 2 aromatic rings. The SMILES string of the molecule is CNc1nc(-c2cccs2)c(C#N)c(=O)[nH]1. The summed E-state index contributed by atoms with van der Waals surface area (Å²) in [5.41, 5.74) is 0.0392. The maximum Gasteiger partial charge on any atom is 0.270 e. The first-order valence-electron chi connectivity index (χ1n) is 4.52. The second kappa shape index (κ2) is 4.16. The lowest BCUT2D eigenvalue weighted by Crippen LogP contribution is -2.15. The number of hydrogen-bond acceptors (Lipinski definition) is 5. The Balaban J connectivity index is 2.73. The standard InChI is InChI=1S/C10H8N4OS/c1-12-10-13-8(7-3-2-4-16-7)6(5-11)9(15)14-10/h2-4H,1H3,(H2,12,13,14,15). The Kier molecular flexibility index (Phi) is 2.70. The molecule has 0 saturated carbocycles. The van der Waals surface area contributed by atoms with E-state index in [-0.39, 0.29) is 5.56 Å². The fraction of sp³-hybridized carbons (Fsp3) is 0.100. The molecule has 16 heavy (non-hydrogen) atoms. The summed E-state index contributed by atoms with van der Waals surface area (Å²) in [5.74, 6) is 0.354. The molecule has 0 atom stereocenters. The third-order valence-corrected chi connectivity index (χ3v) is 2.90. The molecule has 0 aliphatic carbocycles. The maximum absolute atomic E-state index is 11.6. The highest BCUT2D eigenvalue weighted by molar-refractivity contribution is 7.13. The van der Waals surface area contributed by atoms with E-state index in [1.165, 1.54) is 11.3 Å². The summed E-state index contributed by atoms with van der Waals surface area (Å²) in [6, 6.07) is 5.55. The van der Waals surface area contributed by atoms with E-state index in [0.717, 1.165) is 4.88 Å². The van der Waals surface area contributed by atoms with Crippen molar-refractivity contribution in [1.29, 1.82) is 5.26 Å². The van der Waals surface area contributed by atoms with Gasteiger partial charge in [-0.15, -0.1) is 11.3 Å². The van der Waals surface area contributed by atoms with Gasteiger partial charge in [-0.3, -0.25) is 9.78 Å². The maximum atomic E-state index is 11.6. The number of rotatable bonds is 2. The van der Waals surface area contributed by atoms with E-state index in [1.807, 2.05) is 23.6 Å². The number of hydrogen-bond donors (Lipinski definition) is 2. The summed E-state index contributed by atoms with van der Waals surface area (Å²) in [6.45, 7) is 0. The van der Waals surface area contributed by atoms with Crippen LogP contribution in [0.4, 0.5) is 5.95 Å². The summed E-state index contributed by atoms with van der Waals surface area (Å²) in [6.07, 6.45) is 0. The minimum absolute atomic E-state index is 0.0430. The molecule has 5 nitrogen and oxygen atoms in total. The van der Waals surface area contributed by atoms with Crippen LogP contribution in [0.3, 0.4) is 0 Å². The molecule has 6 heteroatoms. The molecule has 0 spiro atoms. The highest BCUT2D eigenvalue weighted by atomic mass is 32.1. The largest absolute Gasteiger partial charge is 0.359 e. The Labute approximate surface area is 95.4 Å². The predicted molar refractivity (Wildman–Crippen MR) is 62.4 cm³/mol. The average Bonchev–Trinajstić information content (AvgIpc) is 2.81. The summed E-state index contributed by atoms with van der Waals surface area (Å²) >= 11 is 1.44. The van der Waals surface area contributed by atoms with Gasteiger partial charge in [0.25, 0.3) is 5.56 Å². The van der Waals surface area contributed by atoms with Gasteiger partial charge >= 0.3 is 0 Å². The van der Waals surface area contributed by atoms with E-state index < -0.39 is 5.56 Å². The Morgan fingerprint density at radius 2 is 2.44 bits per heavy atom. The highest BCUT2D eigenvalue weighted by Gasteiger charge is 2.13. The fourth-order valence-electron chi connectivity index (χ4n) is 1.29. The van der Waals surface area contributed by atoms with Crippen LogP contribution in [0.1, 0.15) is 5.56 Å². The number of H-pyrrole nitrogens is 1. The van der Waals surface area contributed by atoms with Crippen LogP contribution in [0.5, 0.6) is 0 Å². The molecule has 0 unspecified atom stereocenters. The molecule has 0 fully saturated rings. The van der Waals surface area contributed by atoms with Gasteiger partial charge < -0.3 is 5.32 Å². The molecule has 0 aliphatic rings. The topological polar surface area (TPSA) is 81.6 Å². The molecule has 0 saturated heterocycles. The van der Waals surface area contributed by atoms with Crippen molar-refractivity contribution in [3.63, 3.8) is 0 Å². The third kappa shape index (κ3) is 1.68. The molecule has 0 aliphatic heterocycles. The second-order valence-electron chi connectivity index (χ2n) is 2.98. The molecule has 2 heterocycles. The highest BCUT2D eigenvalue weighted by Crippen LogP contribution is 2.24. The van der Waals surface area contributed by atoms with E-state index in [4.69, 9.17) is 5.26 Å². The van der Waals surface area contributed by atoms with Crippen molar-refractivity contribution in [2.75, 3.05) is 12.4 Å². The minimum atomic E-state index is -0.426. The van der Waals surface area contributed by atoms with Gasteiger partial charge in [-0.05, 0) is 11.4 Å². The molecule has 0 amide bonds. The summed E-state index contributed by atoms with van der Waals surface area (Å²) < 4.78 is 0. The normalized spacial score (nSPS) is 9.75. The van der Waals surface area contributed by atoms with Crippen molar-refractivity contribution in [2.24, 2.45) is 0 Å². The van der Waals surface area contributed by atoms with Crippen molar-refractivity contribution in [1.82, 2.24) is 9.97 Å². The van der Waals surface area contributed by atoms with Gasteiger partial charge in [0.2, 0.25) is 5.95 Å². The second-order valence-corrected chi connectivity index (χ2v) is 3.92. The van der Waals surface area contributed by atoms with E-state index in [0.29, 0.717) is 11.6 Å². The van der Waals surface area contributed by atoms with Crippen LogP contribution in [0.15, 0.2) is 22.3 Å². The zero-order valence-corrected chi connectivity index (χ0v) is 9.26. The Bertz CT molecular complexity index is 594. The van der Waals surface area contributed by atoms with E-state index in [1.54, 1.807) is 7.05 Å². The molecule has 0 radical (unpaired) electrons. The van der Waals surface area contributed by atoms with Crippen molar-refractivity contribution in [2.45, 2.75) is 0 Å². The molecule has 0 aromatic carbocycles. The zero-order chi connectivity index (χ0) is 11.5. The first-order valence-corrected chi connectivity index (χ1v) is 5.40. The number of aromatic nitrogens is 2. The van der Waals surface area contributed by atoms with Crippen LogP contribution in [0.2, 0.25) is 0 Å². The lowest BCUT2D eigenvalue weighted by molar-refractivity contribution is 1.10. The van der Waals surface area contributed by atoms with E-state index in [9.17, 15) is 4.79 Å². The zero-order valence-electron chi connectivity index (χ0n) is 8.44. The lowest BCUT2D eigenvalue weighted by atomic mass is 10.2. The molecule has 2 N–H and O–H groups in total. The number of nitrogens with zero attached hydrogens (tertiary/aromatic N) is 2. The molecule has 2 rings (SSSR count). The Morgan fingerprint density at radius 1 is 1.62 bits per heavy atom. The molecule has 2 aromatic heterocycles. The van der Waals surface area contributed by atoms with Crippen molar-refractivity contribution in [3.8, 4) is 16.6 Å². The van der Waals surface area contributed by atoms with Crippen molar-refractivity contribution < 1.29 is 0 Å². The number of nitriles is 1. The van der Waals surface area contributed by atoms with Gasteiger partial charge in [0, 0.05) is 7.05 Å². The Morgan fingerprint density at radius 3 is 3.00 bits per heavy atom. The molecule has 80 valence electrons. The van der Waals surface area contributed by atoms with Gasteiger partial charge in [0.15, 0.2) is 0 Å². The lowest BCUT2D eigenvalue weighted by Gasteiger charge is -2.03. The number of aromatic amines is 1. The van der Waals surface area contributed by atoms with E-state index >= 15 is 0 Å². The Hall–Kier alpha value is -2.13. The summed E-state index contributed by atoms with van der Waals surface area (Å²) in [4.78, 5) is 19.1. The van der Waals surface area contributed by atoms with Crippen molar-refractivity contribution >= 4 is 17.3 Å². The van der Waals surface area contributed by atoms with Crippen LogP contribution < -0.4 is 10.9 Å². The van der Waals surface area contributed by atoms with Gasteiger partial charge in [-0.1, -0.05) is 6.07 Å². The third-order valence-electron chi connectivity index (χ3n) is 2.02. The molecular formula is C10H8N4OS. The molecular weight excluding hydrogens is 224 g/mol. The average molecular weight is 232 g/mol. The van der Waals surface area contributed by atoms with Crippen LogP contribution in [0, 0.1) is 11.3 Å². The van der Waals surface area contributed by atoms with Crippen LogP contribution in [0.25, 0.3) is 10.6 Å². The fourth-order valence-corrected chi connectivity index (χ4v) is 2.01. The van der Waals surface area contributed by atoms with Crippen LogP contribution in [-0.2, 0) is 0 Å². The first kappa shape index (κ1) is 10.4. The van der Waals surface area contributed by atoms with Gasteiger partial charge in [-0.25, -0.2) is 4.98 Å². The van der Waals surface area contributed by atoms with Gasteiger partial charge in [-0.2, -0.15) is 5.26 Å². The number of thiophene rings is 1. The summed E-state index contributed by atoms with van der Waals surface area (Å²) in [7, 11) is 1.66. The summed E-state index contributed by atoms with van der Waals surface area (Å²) in [5, 5.41) is 13.6. The predicted octanol–water partition coefficient (Wildman–Crippen LogP) is 1.41. The van der Waals surface area contributed by atoms with E-state index in [2.05, 4.69) is 15.3 Å². The number of anilines is 1. The van der Waals surface area contributed by atoms with Gasteiger partial charge in [0.1, 0.15) is 17.3 Å². The smallest absolute Gasteiger partial charge is 0.270 e. The van der Waals surface area contributed by atoms with Crippen LogP contribution >= 0.6 is 11.3 Å². The van der Waals surface area contributed by atoms with Gasteiger partial charge in [0.05, 0.1) is 4.88 Å². The minimum Gasteiger partial charge on any atom is -0.359 e. The van der Waals surface area contributed by atoms with Crippen molar-refractivity contribution in [3.05, 3.63) is 33.4 Å². The number of nitrogens with one attached hydrogen (secondary N) is 2.